The molecule has 0 atom stereocenters. The molecule has 0 saturated heterocycles. The summed E-state index contributed by atoms with van der Waals surface area (Å²) in [7, 11) is -1.69. The normalized spacial score (nSPS) is 13.0. The van der Waals surface area contributed by atoms with Gasteiger partial charge in [0, 0.05) is 0 Å². The van der Waals surface area contributed by atoms with E-state index in [0.29, 0.717) is 6.61 Å². The summed E-state index contributed by atoms with van der Waals surface area (Å²) >= 11 is 4.50. The van der Waals surface area contributed by atoms with Crippen LogP contribution in [-0.2, 0) is 4.43 Å². The molecule has 0 aliphatic rings. The number of phenols is 1. The molecular formula is C31H36BrO3PSi. The zero-order valence-electron chi connectivity index (χ0n) is 21.8. The van der Waals surface area contributed by atoms with Gasteiger partial charge in [-0.3, -0.25) is 0 Å². The first-order chi connectivity index (χ1) is 17.8. The zero-order chi connectivity index (χ0) is 26.4. The quantitative estimate of drug-likeness (QED) is 0.117. The molecule has 6 heteroatoms. The van der Waals surface area contributed by atoms with Gasteiger partial charge < -0.3 is 0 Å². The van der Waals surface area contributed by atoms with E-state index in [0.717, 1.165) is 46.0 Å². The van der Waals surface area contributed by atoms with Crippen molar-refractivity contribution in [1.82, 2.24) is 0 Å². The van der Waals surface area contributed by atoms with Crippen molar-refractivity contribution in [3.05, 3.63) is 109 Å². The van der Waals surface area contributed by atoms with E-state index >= 15 is 0 Å². The molecule has 0 fully saturated rings. The summed E-state index contributed by atoms with van der Waals surface area (Å²) in [6.45, 7) is 7.91. The monoisotopic (exact) mass is 594 g/mol. The minimum atomic E-state index is -3.50. The van der Waals surface area contributed by atoms with Crippen molar-refractivity contribution >= 4 is 50.3 Å². The average molecular weight is 596 g/mol. The number of hydrogen-bond acceptors (Lipinski definition) is 3. The topological polar surface area (TPSA) is 38.7 Å². The van der Waals surface area contributed by atoms with E-state index in [1.54, 1.807) is 6.07 Å². The fourth-order valence-corrected chi connectivity index (χ4v) is 14.8. The van der Waals surface area contributed by atoms with E-state index in [1.165, 1.54) is 0 Å². The third-order valence-electron chi connectivity index (χ3n) is 6.83. The van der Waals surface area contributed by atoms with Crippen molar-refractivity contribution in [2.24, 2.45) is 0 Å². The summed E-state index contributed by atoms with van der Waals surface area (Å²) in [4.78, 5) is 0. The molecule has 0 aliphatic heterocycles. The number of halogens is 1. The molecule has 4 rings (SSSR count). The van der Waals surface area contributed by atoms with Gasteiger partial charge in [-0.15, -0.1) is 0 Å². The van der Waals surface area contributed by atoms with Crippen molar-refractivity contribution < 1.29 is 14.3 Å². The van der Waals surface area contributed by atoms with E-state index < -0.39 is 13.6 Å². The fraction of sp³-hybridized carbons (Fsp3) is 0.226. The van der Waals surface area contributed by atoms with Gasteiger partial charge in [-0.25, -0.2) is 0 Å². The Labute approximate surface area is 230 Å². The second-order valence-electron chi connectivity index (χ2n) is 9.81. The van der Waals surface area contributed by atoms with Crippen LogP contribution in [0.3, 0.4) is 0 Å². The molecule has 4 aromatic carbocycles. The van der Waals surface area contributed by atoms with Crippen LogP contribution < -0.4 is 26.0 Å². The van der Waals surface area contributed by atoms with E-state index in [4.69, 9.17) is 9.16 Å². The summed E-state index contributed by atoms with van der Waals surface area (Å²) in [5.41, 5.74) is 0. The average Bonchev–Trinajstić information content (AvgIpc) is 2.93. The van der Waals surface area contributed by atoms with Crippen LogP contribution in [0.4, 0.5) is 0 Å². The predicted octanol–water partition coefficient (Wildman–Crippen LogP) is 6.87. The zero-order valence-corrected chi connectivity index (χ0v) is 25.3. The van der Waals surface area contributed by atoms with Gasteiger partial charge in [0.2, 0.25) is 0 Å². The second-order valence-corrected chi connectivity index (χ2v) is 22.4. The Hall–Kier alpha value is -2.43. The van der Waals surface area contributed by atoms with Crippen LogP contribution >= 0.6 is 20.8 Å². The standard InChI is InChI=1S/C31H36BrO3PSi/c1-4-35-37(2,3)24-14-23-34-30-22-21-26(33)25-31(30)36(32,27-15-8-5-9-16-27,28-17-10-6-11-18-28)29-19-12-7-13-20-29/h5-13,15-22,25,33H,4,14,23-24H2,1-3H3. The molecule has 0 aromatic heterocycles. The first-order valence-electron chi connectivity index (χ1n) is 12.8. The van der Waals surface area contributed by atoms with Gasteiger partial charge in [-0.05, 0) is 0 Å². The van der Waals surface area contributed by atoms with Crippen LogP contribution in [0.1, 0.15) is 13.3 Å². The summed E-state index contributed by atoms with van der Waals surface area (Å²) in [6, 6.07) is 38.2. The van der Waals surface area contributed by atoms with E-state index in [9.17, 15) is 5.11 Å². The molecule has 0 unspecified atom stereocenters. The van der Waals surface area contributed by atoms with Crippen LogP contribution in [0.5, 0.6) is 11.5 Å². The summed E-state index contributed by atoms with van der Waals surface area (Å²) in [5, 5.41) is 11.7. The Balaban J connectivity index is 1.93. The van der Waals surface area contributed by atoms with E-state index in [1.807, 2.05) is 30.3 Å². The van der Waals surface area contributed by atoms with Crippen LogP contribution in [0, 0.1) is 0 Å². The van der Waals surface area contributed by atoms with Crippen molar-refractivity contribution in [2.45, 2.75) is 32.5 Å². The Morgan fingerprint density at radius 3 is 1.70 bits per heavy atom. The molecule has 0 heterocycles. The maximum atomic E-state index is 10.8. The maximum absolute atomic E-state index is 10.8. The molecule has 0 spiro atoms. The molecule has 194 valence electrons. The molecule has 37 heavy (non-hydrogen) atoms. The van der Waals surface area contributed by atoms with Crippen LogP contribution in [-0.4, -0.2) is 26.6 Å². The molecule has 1 N–H and O–H groups in total. The van der Waals surface area contributed by atoms with Crippen molar-refractivity contribution in [1.29, 1.82) is 0 Å². The molecule has 0 radical (unpaired) electrons. The molecule has 0 aliphatic carbocycles. The Kier molecular flexibility index (Phi) is 8.60. The number of ether oxygens (including phenoxy) is 1. The third kappa shape index (κ3) is 5.42. The van der Waals surface area contributed by atoms with Crippen LogP contribution in [0.25, 0.3) is 0 Å². The fourth-order valence-electron chi connectivity index (χ4n) is 5.09. The van der Waals surface area contributed by atoms with Gasteiger partial charge in [-0.2, -0.15) is 0 Å². The third-order valence-corrected chi connectivity index (χ3v) is 19.4. The first-order valence-corrected chi connectivity index (χ1v) is 20.2. The second kappa shape index (κ2) is 11.5. The molecule has 3 nitrogen and oxygen atoms in total. The van der Waals surface area contributed by atoms with Crippen LogP contribution in [0.2, 0.25) is 19.1 Å². The van der Waals surface area contributed by atoms with Gasteiger partial charge >= 0.3 is 231 Å². The van der Waals surface area contributed by atoms with Crippen LogP contribution in [0.15, 0.2) is 109 Å². The van der Waals surface area contributed by atoms with Crippen molar-refractivity contribution in [3.8, 4) is 11.5 Å². The summed E-state index contributed by atoms with van der Waals surface area (Å²) in [6.07, 6.45) is 0.916. The Morgan fingerprint density at radius 1 is 0.757 bits per heavy atom. The van der Waals surface area contributed by atoms with Gasteiger partial charge in [-0.1, -0.05) is 0 Å². The first kappa shape index (κ1) is 27.6. The number of aromatic hydroxyl groups is 1. The van der Waals surface area contributed by atoms with Gasteiger partial charge in [0.15, 0.2) is 0 Å². The van der Waals surface area contributed by atoms with Gasteiger partial charge in [0.25, 0.3) is 0 Å². The van der Waals surface area contributed by atoms with Gasteiger partial charge in [0.05, 0.1) is 0 Å². The van der Waals surface area contributed by atoms with E-state index in [-0.39, 0.29) is 5.75 Å². The van der Waals surface area contributed by atoms with E-state index in [2.05, 4.69) is 108 Å². The minimum absolute atomic E-state index is 0.212. The Morgan fingerprint density at radius 2 is 1.24 bits per heavy atom. The van der Waals surface area contributed by atoms with Crippen molar-refractivity contribution in [3.63, 3.8) is 0 Å². The van der Waals surface area contributed by atoms with Crippen molar-refractivity contribution in [2.75, 3.05) is 13.2 Å². The molecular weight excluding hydrogens is 559 g/mol. The predicted molar refractivity (Wildman–Crippen MR) is 166 cm³/mol. The van der Waals surface area contributed by atoms with Gasteiger partial charge in [0.1, 0.15) is 0 Å². The number of hydrogen-bond donors (Lipinski definition) is 1. The molecule has 0 bridgehead atoms. The number of benzene rings is 4. The molecule has 0 amide bonds. The summed E-state index contributed by atoms with van der Waals surface area (Å²) in [5.74, 6) is 0.989. The number of rotatable bonds is 11. The number of phenolic OH excluding ortho intramolecular Hbond substituents is 1. The molecule has 0 saturated carbocycles. The SMILES string of the molecule is CCO[Si](C)(C)CCCOc1ccc(O)cc1P(Br)(c1ccccc1)(c1ccccc1)c1ccccc1. The Bertz CT molecular complexity index is 1200. The molecule has 4 aromatic rings. The summed E-state index contributed by atoms with van der Waals surface area (Å²) < 4.78 is 12.6.